The van der Waals surface area contributed by atoms with Crippen LogP contribution in [0.1, 0.15) is 34.0 Å². The van der Waals surface area contributed by atoms with Crippen LogP contribution in [-0.4, -0.2) is 25.8 Å². The van der Waals surface area contributed by atoms with Crippen LogP contribution in [0.2, 0.25) is 5.02 Å². The summed E-state index contributed by atoms with van der Waals surface area (Å²) in [6, 6.07) is 27.7. The van der Waals surface area contributed by atoms with Crippen molar-refractivity contribution in [3.8, 4) is 23.0 Å². The van der Waals surface area contributed by atoms with E-state index in [4.69, 9.17) is 30.5 Å². The maximum Gasteiger partial charge on any atom is 0.271 e. The first-order valence-corrected chi connectivity index (χ1v) is 12.8. The Morgan fingerprint density at radius 2 is 1.49 bits per heavy atom. The molecule has 0 radical (unpaired) electrons. The molecule has 0 spiro atoms. The largest absolute Gasteiger partial charge is 0.493 e. The Morgan fingerprint density at radius 1 is 0.795 bits per heavy atom. The van der Waals surface area contributed by atoms with Crippen LogP contribution in [0, 0.1) is 0 Å². The number of amides is 1. The molecule has 200 valence electrons. The third-order valence-corrected chi connectivity index (χ3v) is 5.87. The van der Waals surface area contributed by atoms with Gasteiger partial charge < -0.3 is 18.9 Å². The number of carbonyl (C=O) groups is 1. The first kappa shape index (κ1) is 27.5. The molecule has 0 aliphatic rings. The van der Waals surface area contributed by atoms with Gasteiger partial charge in [-0.2, -0.15) is 5.10 Å². The number of benzene rings is 4. The highest BCUT2D eigenvalue weighted by atomic mass is 35.5. The van der Waals surface area contributed by atoms with Gasteiger partial charge in [0.05, 0.1) is 19.9 Å². The SMILES string of the molecule is CCOc1cc(COc2ccc(/C=N/NC(=O)c3ccc(Cl)cc3)cc2OC)ccc1OCc1ccccc1. The molecule has 0 fully saturated rings. The first-order valence-electron chi connectivity index (χ1n) is 12.4. The molecule has 0 aliphatic heterocycles. The Hall–Kier alpha value is -4.49. The monoisotopic (exact) mass is 544 g/mol. The van der Waals surface area contributed by atoms with Crippen LogP contribution in [-0.2, 0) is 13.2 Å². The fraction of sp³-hybridized carbons (Fsp3) is 0.161. The average Bonchev–Trinajstić information content (AvgIpc) is 2.97. The van der Waals surface area contributed by atoms with Crippen molar-refractivity contribution >= 4 is 23.7 Å². The van der Waals surface area contributed by atoms with Crippen molar-refractivity contribution in [3.63, 3.8) is 0 Å². The Bertz CT molecular complexity index is 1410. The van der Waals surface area contributed by atoms with Crippen molar-refractivity contribution < 1.29 is 23.7 Å². The Labute approximate surface area is 232 Å². The summed E-state index contributed by atoms with van der Waals surface area (Å²) in [6.07, 6.45) is 1.53. The van der Waals surface area contributed by atoms with Crippen LogP contribution in [0.5, 0.6) is 23.0 Å². The van der Waals surface area contributed by atoms with Crippen LogP contribution in [0.15, 0.2) is 96.1 Å². The number of hydrazone groups is 1. The van der Waals surface area contributed by atoms with Gasteiger partial charge in [0.25, 0.3) is 5.91 Å². The predicted molar refractivity (Wildman–Crippen MR) is 152 cm³/mol. The van der Waals surface area contributed by atoms with E-state index in [2.05, 4.69) is 10.5 Å². The molecule has 4 aromatic rings. The molecular formula is C31H29ClN2O5. The second-order valence-corrected chi connectivity index (χ2v) is 8.83. The molecule has 0 aliphatic carbocycles. The Kier molecular flexibility index (Phi) is 9.80. The van der Waals surface area contributed by atoms with Crippen molar-refractivity contribution in [1.82, 2.24) is 5.43 Å². The van der Waals surface area contributed by atoms with Gasteiger partial charge in [0.2, 0.25) is 0 Å². The molecule has 4 aromatic carbocycles. The number of nitrogens with one attached hydrogen (secondary N) is 1. The lowest BCUT2D eigenvalue weighted by Gasteiger charge is -2.15. The number of carbonyl (C=O) groups excluding carboxylic acids is 1. The zero-order valence-corrected chi connectivity index (χ0v) is 22.5. The van der Waals surface area contributed by atoms with E-state index in [0.717, 1.165) is 16.7 Å². The second kappa shape index (κ2) is 13.9. The highest BCUT2D eigenvalue weighted by Gasteiger charge is 2.10. The summed E-state index contributed by atoms with van der Waals surface area (Å²) in [7, 11) is 1.57. The molecule has 0 saturated carbocycles. The van der Waals surface area contributed by atoms with Crippen molar-refractivity contribution in [2.24, 2.45) is 5.10 Å². The minimum Gasteiger partial charge on any atom is -0.493 e. The van der Waals surface area contributed by atoms with Gasteiger partial charge in [0, 0.05) is 10.6 Å². The van der Waals surface area contributed by atoms with E-state index in [0.29, 0.717) is 53.4 Å². The minimum atomic E-state index is -0.335. The van der Waals surface area contributed by atoms with Crippen molar-refractivity contribution in [1.29, 1.82) is 0 Å². The van der Waals surface area contributed by atoms with Gasteiger partial charge in [-0.25, -0.2) is 5.43 Å². The number of halogens is 1. The van der Waals surface area contributed by atoms with E-state index in [1.165, 1.54) is 6.21 Å². The summed E-state index contributed by atoms with van der Waals surface area (Å²) in [5, 5.41) is 4.59. The predicted octanol–water partition coefficient (Wildman–Crippen LogP) is 6.67. The molecule has 0 saturated heterocycles. The van der Waals surface area contributed by atoms with Crippen molar-refractivity contribution in [2.75, 3.05) is 13.7 Å². The number of nitrogens with zero attached hydrogens (tertiary/aromatic N) is 1. The van der Waals surface area contributed by atoms with Gasteiger partial charge >= 0.3 is 0 Å². The van der Waals surface area contributed by atoms with Gasteiger partial charge in [-0.05, 0) is 78.2 Å². The number of hydrogen-bond donors (Lipinski definition) is 1. The summed E-state index contributed by atoms with van der Waals surface area (Å²) in [5.41, 5.74) is 5.69. The van der Waals surface area contributed by atoms with Gasteiger partial charge in [0.15, 0.2) is 23.0 Å². The van der Waals surface area contributed by atoms with E-state index in [1.807, 2.05) is 61.5 Å². The zero-order valence-electron chi connectivity index (χ0n) is 21.7. The zero-order chi connectivity index (χ0) is 27.5. The lowest BCUT2D eigenvalue weighted by molar-refractivity contribution is 0.0955. The van der Waals surface area contributed by atoms with Crippen LogP contribution >= 0.6 is 11.6 Å². The van der Waals surface area contributed by atoms with Crippen molar-refractivity contribution in [2.45, 2.75) is 20.1 Å². The lowest BCUT2D eigenvalue weighted by Crippen LogP contribution is -2.17. The maximum atomic E-state index is 12.2. The smallest absolute Gasteiger partial charge is 0.271 e. The summed E-state index contributed by atoms with van der Waals surface area (Å²) < 4.78 is 23.3. The quantitative estimate of drug-likeness (QED) is 0.159. The Morgan fingerprint density at radius 3 is 2.21 bits per heavy atom. The molecule has 1 N–H and O–H groups in total. The van der Waals surface area contributed by atoms with Crippen LogP contribution in [0.3, 0.4) is 0 Å². The molecule has 0 aromatic heterocycles. The average molecular weight is 545 g/mol. The molecule has 39 heavy (non-hydrogen) atoms. The number of hydrogen-bond acceptors (Lipinski definition) is 6. The first-order chi connectivity index (χ1) is 19.1. The molecule has 0 bridgehead atoms. The lowest BCUT2D eigenvalue weighted by atomic mass is 10.2. The van der Waals surface area contributed by atoms with Gasteiger partial charge in [-0.1, -0.05) is 48.0 Å². The van der Waals surface area contributed by atoms with E-state index >= 15 is 0 Å². The molecule has 0 unspecified atom stereocenters. The molecule has 0 atom stereocenters. The van der Waals surface area contributed by atoms with Gasteiger partial charge in [0.1, 0.15) is 13.2 Å². The summed E-state index contributed by atoms with van der Waals surface area (Å²) in [4.78, 5) is 12.2. The molecule has 8 heteroatoms. The third-order valence-electron chi connectivity index (χ3n) is 5.61. The van der Waals surface area contributed by atoms with E-state index in [-0.39, 0.29) is 5.91 Å². The summed E-state index contributed by atoms with van der Waals surface area (Å²) in [5.74, 6) is 2.11. The van der Waals surface area contributed by atoms with Crippen LogP contribution in [0.4, 0.5) is 0 Å². The van der Waals surface area contributed by atoms with Crippen molar-refractivity contribution in [3.05, 3.63) is 118 Å². The topological polar surface area (TPSA) is 78.4 Å². The van der Waals surface area contributed by atoms with E-state index in [9.17, 15) is 4.79 Å². The van der Waals surface area contributed by atoms with E-state index in [1.54, 1.807) is 43.5 Å². The normalized spacial score (nSPS) is 10.7. The minimum absolute atomic E-state index is 0.306. The molecular weight excluding hydrogens is 516 g/mol. The molecule has 0 heterocycles. The fourth-order valence-corrected chi connectivity index (χ4v) is 3.77. The Balaban J connectivity index is 1.37. The molecule has 4 rings (SSSR count). The number of rotatable bonds is 12. The summed E-state index contributed by atoms with van der Waals surface area (Å²) >= 11 is 5.86. The third kappa shape index (κ3) is 7.99. The number of methoxy groups -OCH3 is 1. The van der Waals surface area contributed by atoms with E-state index < -0.39 is 0 Å². The second-order valence-electron chi connectivity index (χ2n) is 8.39. The standard InChI is InChI=1S/C31H29ClN2O5/c1-3-37-30-18-24(10-16-28(30)38-20-22-7-5-4-6-8-22)21-39-27-15-9-23(17-29(27)36-2)19-33-34-31(35)25-11-13-26(32)14-12-25/h4-19H,3,20-21H2,1-2H3,(H,34,35)/b33-19+. The van der Waals surface area contributed by atoms with Crippen LogP contribution in [0.25, 0.3) is 0 Å². The van der Waals surface area contributed by atoms with Crippen LogP contribution < -0.4 is 24.4 Å². The highest BCUT2D eigenvalue weighted by molar-refractivity contribution is 6.30. The van der Waals surface area contributed by atoms with Gasteiger partial charge in [-0.3, -0.25) is 4.79 Å². The van der Waals surface area contributed by atoms with Gasteiger partial charge in [-0.15, -0.1) is 0 Å². The molecule has 7 nitrogen and oxygen atoms in total. The fourth-order valence-electron chi connectivity index (χ4n) is 3.64. The summed E-state index contributed by atoms with van der Waals surface area (Å²) in [6.45, 7) is 3.21. The maximum absolute atomic E-state index is 12.2. The molecule has 1 amide bonds. The number of ether oxygens (including phenoxy) is 4. The highest BCUT2D eigenvalue weighted by Crippen LogP contribution is 2.32.